The summed E-state index contributed by atoms with van der Waals surface area (Å²) >= 11 is 5.69. The van der Waals surface area contributed by atoms with Crippen molar-refractivity contribution < 1.29 is 4.74 Å². The summed E-state index contributed by atoms with van der Waals surface area (Å²) in [6.07, 6.45) is 3.39. The van der Waals surface area contributed by atoms with Gasteiger partial charge in [-0.15, -0.1) is 11.6 Å². The number of rotatable bonds is 3. The number of pyridine rings is 1. The zero-order valence-corrected chi connectivity index (χ0v) is 8.82. The molecule has 76 valence electrons. The van der Waals surface area contributed by atoms with Gasteiger partial charge in [0.05, 0.1) is 6.20 Å². The zero-order valence-electron chi connectivity index (χ0n) is 8.06. The molecule has 0 saturated carbocycles. The van der Waals surface area contributed by atoms with E-state index in [4.69, 9.17) is 16.3 Å². The topological polar surface area (TPSA) is 22.1 Å². The van der Waals surface area contributed by atoms with Crippen molar-refractivity contribution in [2.45, 2.75) is 5.88 Å². The summed E-state index contributed by atoms with van der Waals surface area (Å²) in [7, 11) is 0. The van der Waals surface area contributed by atoms with E-state index >= 15 is 0 Å². The molecule has 15 heavy (non-hydrogen) atoms. The lowest BCUT2D eigenvalue weighted by Gasteiger charge is -2.04. The van der Waals surface area contributed by atoms with Crippen molar-refractivity contribution in [1.29, 1.82) is 0 Å². The van der Waals surface area contributed by atoms with Crippen molar-refractivity contribution in [1.82, 2.24) is 4.98 Å². The molecule has 0 unspecified atom stereocenters. The largest absolute Gasteiger partial charge is 0.456 e. The smallest absolute Gasteiger partial charge is 0.145 e. The average Bonchev–Trinajstić information content (AvgIpc) is 2.31. The molecule has 0 atom stereocenters. The Morgan fingerprint density at radius 3 is 2.47 bits per heavy atom. The molecule has 0 saturated heterocycles. The molecule has 2 aromatic rings. The Kier molecular flexibility index (Phi) is 3.20. The van der Waals surface area contributed by atoms with Crippen LogP contribution in [0.15, 0.2) is 48.8 Å². The Labute approximate surface area is 93.5 Å². The van der Waals surface area contributed by atoms with Crippen molar-refractivity contribution in [2.24, 2.45) is 0 Å². The number of benzene rings is 1. The van der Waals surface area contributed by atoms with Crippen LogP contribution >= 0.6 is 11.6 Å². The van der Waals surface area contributed by atoms with Crippen LogP contribution in [-0.2, 0) is 5.88 Å². The first kappa shape index (κ1) is 9.99. The molecule has 0 N–H and O–H groups in total. The van der Waals surface area contributed by atoms with Crippen LogP contribution in [0.5, 0.6) is 11.5 Å². The van der Waals surface area contributed by atoms with Gasteiger partial charge < -0.3 is 4.74 Å². The molecule has 3 heteroatoms. The summed E-state index contributed by atoms with van der Waals surface area (Å²) in [5, 5.41) is 0. The molecule has 0 bridgehead atoms. The highest BCUT2D eigenvalue weighted by Gasteiger charge is 1.96. The first-order valence-electron chi connectivity index (χ1n) is 4.61. The first-order chi connectivity index (χ1) is 7.38. The van der Waals surface area contributed by atoms with E-state index in [1.165, 1.54) is 0 Å². The molecule has 0 spiro atoms. The lowest BCUT2D eigenvalue weighted by atomic mass is 10.2. The number of ether oxygens (including phenoxy) is 1. The maximum atomic E-state index is 5.69. The third kappa shape index (κ3) is 2.70. The first-order valence-corrected chi connectivity index (χ1v) is 5.15. The number of hydrogen-bond acceptors (Lipinski definition) is 2. The Morgan fingerprint density at radius 1 is 1.07 bits per heavy atom. The van der Waals surface area contributed by atoms with E-state index < -0.39 is 0 Å². The Balaban J connectivity index is 2.11. The number of aromatic nitrogens is 1. The molecule has 0 aliphatic carbocycles. The molecule has 1 heterocycles. The number of nitrogens with zero attached hydrogens (tertiary/aromatic N) is 1. The standard InChI is InChI=1S/C12H10ClNO/c13-8-10-3-5-11(6-4-10)15-12-2-1-7-14-9-12/h1-7,9H,8H2. The van der Waals surface area contributed by atoms with Crippen molar-refractivity contribution in [3.63, 3.8) is 0 Å². The van der Waals surface area contributed by atoms with Crippen LogP contribution in [0.2, 0.25) is 0 Å². The van der Waals surface area contributed by atoms with Gasteiger partial charge in [-0.25, -0.2) is 0 Å². The van der Waals surface area contributed by atoms with Crippen molar-refractivity contribution in [2.75, 3.05) is 0 Å². The summed E-state index contributed by atoms with van der Waals surface area (Å²) in [6.45, 7) is 0. The third-order valence-corrected chi connectivity index (χ3v) is 2.26. The molecular formula is C12H10ClNO. The van der Waals surface area contributed by atoms with E-state index in [1.54, 1.807) is 12.4 Å². The predicted molar refractivity (Wildman–Crippen MR) is 60.3 cm³/mol. The highest BCUT2D eigenvalue weighted by atomic mass is 35.5. The van der Waals surface area contributed by atoms with Gasteiger partial charge in [-0.1, -0.05) is 12.1 Å². The van der Waals surface area contributed by atoms with Crippen molar-refractivity contribution in [3.05, 3.63) is 54.4 Å². The predicted octanol–water partition coefficient (Wildman–Crippen LogP) is 3.61. The quantitative estimate of drug-likeness (QED) is 0.736. The Hall–Kier alpha value is -1.54. The van der Waals surface area contributed by atoms with Gasteiger partial charge in [-0.05, 0) is 29.8 Å². The second-order valence-electron chi connectivity index (χ2n) is 3.07. The minimum atomic E-state index is 0.521. The number of halogens is 1. The van der Waals surface area contributed by atoms with Gasteiger partial charge in [-0.3, -0.25) is 4.98 Å². The van der Waals surface area contributed by atoms with Crippen LogP contribution in [0.25, 0.3) is 0 Å². The fourth-order valence-electron chi connectivity index (χ4n) is 1.19. The van der Waals surface area contributed by atoms with Crippen LogP contribution in [-0.4, -0.2) is 4.98 Å². The minimum Gasteiger partial charge on any atom is -0.456 e. The summed E-state index contributed by atoms with van der Waals surface area (Å²) in [6, 6.07) is 11.4. The van der Waals surface area contributed by atoms with Gasteiger partial charge in [0, 0.05) is 12.1 Å². The van der Waals surface area contributed by atoms with Gasteiger partial charge in [0.2, 0.25) is 0 Å². The van der Waals surface area contributed by atoms with Crippen molar-refractivity contribution in [3.8, 4) is 11.5 Å². The summed E-state index contributed by atoms with van der Waals surface area (Å²) in [5.41, 5.74) is 1.08. The maximum absolute atomic E-state index is 5.69. The highest BCUT2D eigenvalue weighted by Crippen LogP contribution is 2.20. The van der Waals surface area contributed by atoms with E-state index in [0.29, 0.717) is 5.88 Å². The molecule has 1 aromatic carbocycles. The molecule has 0 aliphatic rings. The van der Waals surface area contributed by atoms with Crippen LogP contribution in [0.3, 0.4) is 0 Å². The highest BCUT2D eigenvalue weighted by molar-refractivity contribution is 6.17. The summed E-state index contributed by atoms with van der Waals surface area (Å²) in [5.74, 6) is 2.04. The van der Waals surface area contributed by atoms with Gasteiger partial charge in [0.15, 0.2) is 0 Å². The van der Waals surface area contributed by atoms with Crippen LogP contribution in [0, 0.1) is 0 Å². The van der Waals surface area contributed by atoms with Crippen LogP contribution in [0.4, 0.5) is 0 Å². The van der Waals surface area contributed by atoms with Crippen molar-refractivity contribution >= 4 is 11.6 Å². The fraction of sp³-hybridized carbons (Fsp3) is 0.0833. The lowest BCUT2D eigenvalue weighted by Crippen LogP contribution is -1.85. The van der Waals surface area contributed by atoms with Crippen LogP contribution in [0.1, 0.15) is 5.56 Å². The monoisotopic (exact) mass is 219 g/mol. The molecule has 0 aliphatic heterocycles. The van der Waals surface area contributed by atoms with E-state index in [-0.39, 0.29) is 0 Å². The van der Waals surface area contributed by atoms with E-state index in [9.17, 15) is 0 Å². The normalized spacial score (nSPS) is 9.93. The molecule has 2 nitrogen and oxygen atoms in total. The van der Waals surface area contributed by atoms with Gasteiger partial charge in [-0.2, -0.15) is 0 Å². The molecule has 0 fully saturated rings. The molecule has 2 rings (SSSR count). The Bertz CT molecular complexity index is 413. The number of alkyl halides is 1. The molecule has 0 radical (unpaired) electrons. The van der Waals surface area contributed by atoms with Gasteiger partial charge >= 0.3 is 0 Å². The Morgan fingerprint density at radius 2 is 1.87 bits per heavy atom. The number of hydrogen-bond donors (Lipinski definition) is 0. The molecular weight excluding hydrogens is 210 g/mol. The van der Waals surface area contributed by atoms with E-state index in [1.807, 2.05) is 36.4 Å². The van der Waals surface area contributed by atoms with Gasteiger partial charge in [0.25, 0.3) is 0 Å². The maximum Gasteiger partial charge on any atom is 0.145 e. The van der Waals surface area contributed by atoms with E-state index in [2.05, 4.69) is 4.98 Å². The fourth-order valence-corrected chi connectivity index (χ4v) is 1.37. The molecule has 0 amide bonds. The lowest BCUT2D eigenvalue weighted by molar-refractivity contribution is 0.480. The average molecular weight is 220 g/mol. The molecule has 1 aromatic heterocycles. The van der Waals surface area contributed by atoms with Crippen LogP contribution < -0.4 is 4.74 Å². The zero-order chi connectivity index (χ0) is 10.5. The minimum absolute atomic E-state index is 0.521. The summed E-state index contributed by atoms with van der Waals surface area (Å²) < 4.78 is 5.57. The second kappa shape index (κ2) is 4.80. The van der Waals surface area contributed by atoms with Gasteiger partial charge in [0.1, 0.15) is 11.5 Å². The third-order valence-electron chi connectivity index (χ3n) is 1.95. The summed E-state index contributed by atoms with van der Waals surface area (Å²) in [4.78, 5) is 3.97. The van der Waals surface area contributed by atoms with E-state index in [0.717, 1.165) is 17.1 Å². The second-order valence-corrected chi connectivity index (χ2v) is 3.34. The SMILES string of the molecule is ClCc1ccc(Oc2cccnc2)cc1.